The molecule has 4 unspecified atom stereocenters. The second-order valence-corrected chi connectivity index (χ2v) is 9.42. The van der Waals surface area contributed by atoms with E-state index in [0.29, 0.717) is 17.4 Å². The maximum absolute atomic E-state index is 13.3. The molecule has 4 atom stereocenters. The number of aryl methyl sites for hydroxylation is 1. The number of amides is 2. The Kier molecular flexibility index (Phi) is 4.18. The smallest absolute Gasteiger partial charge is 0.241 e. The third-order valence-corrected chi connectivity index (χ3v) is 7.23. The fourth-order valence-electron chi connectivity index (χ4n) is 5.55. The number of ether oxygens (including phenoxy) is 1. The van der Waals surface area contributed by atoms with Crippen LogP contribution in [0.4, 0.5) is 5.69 Å². The van der Waals surface area contributed by atoms with Crippen LogP contribution in [0.3, 0.4) is 0 Å². The van der Waals surface area contributed by atoms with E-state index < -0.39 is 5.41 Å². The van der Waals surface area contributed by atoms with Crippen molar-refractivity contribution in [3.05, 3.63) is 65.7 Å². The van der Waals surface area contributed by atoms with E-state index in [4.69, 9.17) is 4.74 Å². The zero-order valence-corrected chi connectivity index (χ0v) is 17.9. The van der Waals surface area contributed by atoms with Crippen molar-refractivity contribution in [2.24, 2.45) is 23.2 Å². The summed E-state index contributed by atoms with van der Waals surface area (Å²) in [6, 6.07) is 13.5. The molecule has 2 amide bonds. The quantitative estimate of drug-likeness (QED) is 0.494. The van der Waals surface area contributed by atoms with Gasteiger partial charge in [0.25, 0.3) is 0 Å². The number of hydrogen-bond donors (Lipinski definition) is 0. The molecule has 2 aliphatic carbocycles. The van der Waals surface area contributed by atoms with Gasteiger partial charge in [0.1, 0.15) is 11.5 Å². The van der Waals surface area contributed by atoms with E-state index in [-0.39, 0.29) is 29.6 Å². The highest BCUT2D eigenvalue weighted by Gasteiger charge is 2.67. The molecule has 0 radical (unpaired) electrons. The highest BCUT2D eigenvalue weighted by atomic mass is 16.5. The number of carbonyl (C=O) groups excluding carboxylic acids is 2. The second-order valence-electron chi connectivity index (χ2n) is 9.42. The van der Waals surface area contributed by atoms with Crippen LogP contribution in [0.15, 0.2) is 54.6 Å². The molecule has 1 aliphatic heterocycles. The fourth-order valence-corrected chi connectivity index (χ4v) is 5.55. The molecule has 154 valence electrons. The van der Waals surface area contributed by atoms with E-state index in [2.05, 4.69) is 38.1 Å². The summed E-state index contributed by atoms with van der Waals surface area (Å²) in [4.78, 5) is 27.8. The molecule has 1 saturated heterocycles. The maximum Gasteiger partial charge on any atom is 0.241 e. The number of carbonyl (C=O) groups is 2. The second kappa shape index (κ2) is 6.56. The standard InChI is InChI=1S/C26H27NO3/c1-15(2)21-12-5-16(3)13-22(21)30-20-10-8-19(9-11-20)27-24(28)23-17-6-7-18(14-17)26(23,4)25(27)29/h5-13,15,17-18,23H,14H2,1-4H3. The lowest BCUT2D eigenvalue weighted by molar-refractivity contribution is -0.127. The van der Waals surface area contributed by atoms with E-state index in [1.807, 2.05) is 44.2 Å². The molecule has 4 nitrogen and oxygen atoms in total. The number of nitrogens with zero attached hydrogens (tertiary/aromatic N) is 1. The molecule has 5 rings (SSSR count). The zero-order valence-electron chi connectivity index (χ0n) is 17.9. The van der Waals surface area contributed by atoms with Gasteiger partial charge in [-0.3, -0.25) is 9.59 Å². The van der Waals surface area contributed by atoms with Gasteiger partial charge in [0.05, 0.1) is 17.0 Å². The first kappa shape index (κ1) is 19.1. The normalized spacial score (nSPS) is 29.2. The van der Waals surface area contributed by atoms with Crippen molar-refractivity contribution in [2.45, 2.75) is 40.0 Å². The van der Waals surface area contributed by atoms with E-state index in [9.17, 15) is 9.59 Å². The Labute approximate surface area is 177 Å². The fraction of sp³-hybridized carbons (Fsp3) is 0.385. The van der Waals surface area contributed by atoms with Crippen LogP contribution in [0.1, 0.15) is 44.2 Å². The Morgan fingerprint density at radius 3 is 2.47 bits per heavy atom. The summed E-state index contributed by atoms with van der Waals surface area (Å²) in [7, 11) is 0. The predicted molar refractivity (Wildman–Crippen MR) is 117 cm³/mol. The Morgan fingerprint density at radius 2 is 1.80 bits per heavy atom. The van der Waals surface area contributed by atoms with Crippen molar-refractivity contribution in [1.29, 1.82) is 0 Å². The van der Waals surface area contributed by atoms with Crippen molar-refractivity contribution in [3.63, 3.8) is 0 Å². The topological polar surface area (TPSA) is 46.6 Å². The third-order valence-electron chi connectivity index (χ3n) is 7.23. The molecule has 2 aromatic rings. The SMILES string of the molecule is Cc1ccc(C(C)C)c(Oc2ccc(N3C(=O)C4C5C=CC(C5)C4(C)C3=O)cc2)c1. The number of fused-ring (bicyclic) bond motifs is 5. The molecular formula is C26H27NO3. The van der Waals surface area contributed by atoms with Crippen LogP contribution in [0.25, 0.3) is 0 Å². The summed E-state index contributed by atoms with van der Waals surface area (Å²) >= 11 is 0. The Balaban J connectivity index is 1.41. The first-order valence-electron chi connectivity index (χ1n) is 10.8. The molecule has 1 heterocycles. The minimum absolute atomic E-state index is 0.0613. The Bertz CT molecular complexity index is 1070. The number of hydrogen-bond acceptors (Lipinski definition) is 3. The van der Waals surface area contributed by atoms with E-state index >= 15 is 0 Å². The van der Waals surface area contributed by atoms with Crippen LogP contribution in [-0.4, -0.2) is 11.8 Å². The summed E-state index contributed by atoms with van der Waals surface area (Å²) in [6.45, 7) is 8.30. The van der Waals surface area contributed by atoms with Crippen molar-refractivity contribution >= 4 is 17.5 Å². The summed E-state index contributed by atoms with van der Waals surface area (Å²) in [5, 5.41) is 0. The molecule has 2 fully saturated rings. The molecule has 3 aliphatic rings. The van der Waals surface area contributed by atoms with Crippen LogP contribution in [0.2, 0.25) is 0 Å². The van der Waals surface area contributed by atoms with Gasteiger partial charge in [-0.25, -0.2) is 4.90 Å². The van der Waals surface area contributed by atoms with Crippen LogP contribution in [-0.2, 0) is 9.59 Å². The van der Waals surface area contributed by atoms with Crippen LogP contribution >= 0.6 is 0 Å². The first-order chi connectivity index (χ1) is 14.3. The first-order valence-corrected chi connectivity index (χ1v) is 10.8. The molecule has 2 aromatic carbocycles. The average Bonchev–Trinajstić information content (AvgIpc) is 3.34. The van der Waals surface area contributed by atoms with Crippen molar-refractivity contribution in [2.75, 3.05) is 4.90 Å². The van der Waals surface area contributed by atoms with E-state index in [0.717, 1.165) is 23.3 Å². The summed E-state index contributed by atoms with van der Waals surface area (Å²) in [5.41, 5.74) is 2.32. The zero-order chi connectivity index (χ0) is 21.2. The molecule has 0 spiro atoms. The number of allylic oxidation sites excluding steroid dienone is 2. The van der Waals surface area contributed by atoms with Crippen LogP contribution < -0.4 is 9.64 Å². The van der Waals surface area contributed by atoms with Gasteiger partial charge >= 0.3 is 0 Å². The number of imide groups is 1. The largest absolute Gasteiger partial charge is 0.457 e. The van der Waals surface area contributed by atoms with Gasteiger partial charge in [0.15, 0.2) is 0 Å². The van der Waals surface area contributed by atoms with Gasteiger partial charge in [0, 0.05) is 0 Å². The maximum atomic E-state index is 13.3. The summed E-state index contributed by atoms with van der Waals surface area (Å²) in [5.74, 6) is 1.90. The Morgan fingerprint density at radius 1 is 1.07 bits per heavy atom. The molecular weight excluding hydrogens is 374 g/mol. The minimum Gasteiger partial charge on any atom is -0.457 e. The minimum atomic E-state index is -0.598. The van der Waals surface area contributed by atoms with Gasteiger partial charge in [0.2, 0.25) is 11.8 Å². The molecule has 30 heavy (non-hydrogen) atoms. The van der Waals surface area contributed by atoms with Crippen LogP contribution in [0, 0.1) is 30.1 Å². The van der Waals surface area contributed by atoms with Crippen molar-refractivity contribution in [3.8, 4) is 11.5 Å². The summed E-state index contributed by atoms with van der Waals surface area (Å²) < 4.78 is 6.16. The van der Waals surface area contributed by atoms with Gasteiger partial charge in [-0.1, -0.05) is 38.1 Å². The van der Waals surface area contributed by atoms with Crippen LogP contribution in [0.5, 0.6) is 11.5 Å². The number of rotatable bonds is 4. The van der Waals surface area contributed by atoms with Gasteiger partial charge in [-0.15, -0.1) is 0 Å². The van der Waals surface area contributed by atoms with E-state index in [1.54, 1.807) is 0 Å². The van der Waals surface area contributed by atoms with Gasteiger partial charge in [-0.05, 0) is 79.5 Å². The predicted octanol–water partition coefficient (Wildman–Crippen LogP) is 5.61. The van der Waals surface area contributed by atoms with Gasteiger partial charge in [-0.2, -0.15) is 0 Å². The molecule has 2 bridgehead atoms. The Hall–Kier alpha value is -2.88. The monoisotopic (exact) mass is 401 g/mol. The van der Waals surface area contributed by atoms with Gasteiger partial charge < -0.3 is 4.74 Å². The third kappa shape index (κ3) is 2.59. The lowest BCUT2D eigenvalue weighted by Gasteiger charge is -2.28. The van der Waals surface area contributed by atoms with Crippen molar-refractivity contribution < 1.29 is 14.3 Å². The molecule has 0 N–H and O–H groups in total. The molecule has 0 aromatic heterocycles. The number of benzene rings is 2. The average molecular weight is 402 g/mol. The van der Waals surface area contributed by atoms with E-state index in [1.165, 1.54) is 4.90 Å². The highest BCUT2D eigenvalue weighted by molar-refractivity contribution is 6.24. The highest BCUT2D eigenvalue weighted by Crippen LogP contribution is 2.60. The molecule has 4 heteroatoms. The number of anilines is 1. The van der Waals surface area contributed by atoms with Crippen molar-refractivity contribution in [1.82, 2.24) is 0 Å². The summed E-state index contributed by atoms with van der Waals surface area (Å²) in [6.07, 6.45) is 5.17. The lowest BCUT2D eigenvalue weighted by Crippen LogP contribution is -2.37. The lowest BCUT2D eigenvalue weighted by atomic mass is 9.71. The molecule has 1 saturated carbocycles.